The standard InChI is InChI=1S/C14H12Cl3N3O2/c1-9-7-11(21)20(8-18-9)13(14(15,16)17)19-12(22)10-5-3-2-4-6-10/h2-8,13H,1H3,(H,19,22)/t13-/m1/s1. The highest BCUT2D eigenvalue weighted by atomic mass is 35.6. The predicted octanol–water partition coefficient (Wildman–Crippen LogP) is 2.85. The minimum atomic E-state index is -1.93. The summed E-state index contributed by atoms with van der Waals surface area (Å²) in [6.07, 6.45) is 0.0426. The fourth-order valence-corrected chi connectivity index (χ4v) is 2.28. The van der Waals surface area contributed by atoms with E-state index in [1.165, 1.54) is 12.4 Å². The van der Waals surface area contributed by atoms with Gasteiger partial charge >= 0.3 is 0 Å². The van der Waals surface area contributed by atoms with Gasteiger partial charge in [0.15, 0.2) is 6.17 Å². The minimum absolute atomic E-state index is 0.384. The topological polar surface area (TPSA) is 64.0 Å². The number of alkyl halides is 3. The van der Waals surface area contributed by atoms with Gasteiger partial charge in [-0.3, -0.25) is 14.2 Å². The van der Waals surface area contributed by atoms with Crippen molar-refractivity contribution in [2.75, 3.05) is 0 Å². The zero-order valence-electron chi connectivity index (χ0n) is 11.5. The van der Waals surface area contributed by atoms with Crippen LogP contribution in [0.15, 0.2) is 47.5 Å². The van der Waals surface area contributed by atoms with Gasteiger partial charge in [0.1, 0.15) is 0 Å². The van der Waals surface area contributed by atoms with E-state index in [4.69, 9.17) is 34.8 Å². The fourth-order valence-electron chi connectivity index (χ4n) is 1.80. The van der Waals surface area contributed by atoms with E-state index in [1.54, 1.807) is 37.3 Å². The number of hydrogen-bond donors (Lipinski definition) is 1. The molecule has 0 bridgehead atoms. The molecule has 1 aromatic carbocycles. The first kappa shape index (κ1) is 16.8. The largest absolute Gasteiger partial charge is 0.328 e. The van der Waals surface area contributed by atoms with Crippen LogP contribution in [0.25, 0.3) is 0 Å². The molecular weight excluding hydrogens is 349 g/mol. The van der Waals surface area contributed by atoms with Crippen molar-refractivity contribution in [3.63, 3.8) is 0 Å². The van der Waals surface area contributed by atoms with Gasteiger partial charge in [0.05, 0.1) is 6.33 Å². The lowest BCUT2D eigenvalue weighted by Crippen LogP contribution is -2.44. The SMILES string of the molecule is Cc1cc(=O)n([C@@H](NC(=O)c2ccccc2)C(Cl)(Cl)Cl)cn1. The summed E-state index contributed by atoms with van der Waals surface area (Å²) in [5.41, 5.74) is 0.478. The first-order valence-corrected chi connectivity index (χ1v) is 7.40. The molecule has 2 aromatic rings. The van der Waals surface area contributed by atoms with Crippen molar-refractivity contribution in [2.45, 2.75) is 16.9 Å². The van der Waals surface area contributed by atoms with Crippen molar-refractivity contribution in [2.24, 2.45) is 0 Å². The average molecular weight is 361 g/mol. The number of carbonyl (C=O) groups excluding carboxylic acids is 1. The summed E-state index contributed by atoms with van der Waals surface area (Å²) < 4.78 is -0.855. The number of hydrogen-bond acceptors (Lipinski definition) is 3. The number of aromatic nitrogens is 2. The van der Waals surface area contributed by atoms with Crippen LogP contribution in [0.1, 0.15) is 22.2 Å². The van der Waals surface area contributed by atoms with Crippen molar-refractivity contribution >= 4 is 40.7 Å². The summed E-state index contributed by atoms with van der Waals surface area (Å²) in [5.74, 6) is -0.468. The Balaban J connectivity index is 2.36. The molecule has 0 unspecified atom stereocenters. The second-order valence-electron chi connectivity index (χ2n) is 4.56. The first-order valence-electron chi connectivity index (χ1n) is 6.26. The van der Waals surface area contributed by atoms with Crippen molar-refractivity contribution < 1.29 is 4.79 Å². The van der Waals surface area contributed by atoms with Gasteiger partial charge < -0.3 is 5.32 Å². The van der Waals surface area contributed by atoms with Gasteiger partial charge in [-0.05, 0) is 19.1 Å². The maximum absolute atomic E-state index is 12.2. The highest BCUT2D eigenvalue weighted by Crippen LogP contribution is 2.36. The Bertz CT molecular complexity index is 726. The van der Waals surface area contributed by atoms with Crippen LogP contribution in [0.5, 0.6) is 0 Å². The molecule has 0 aliphatic rings. The lowest BCUT2D eigenvalue weighted by Gasteiger charge is -2.27. The molecule has 1 amide bonds. The van der Waals surface area contributed by atoms with Crippen LogP contribution >= 0.6 is 34.8 Å². The van der Waals surface area contributed by atoms with Crippen LogP contribution in [0, 0.1) is 6.92 Å². The lowest BCUT2D eigenvalue weighted by atomic mass is 10.2. The van der Waals surface area contributed by atoms with Gasteiger partial charge in [-0.25, -0.2) is 4.98 Å². The first-order chi connectivity index (χ1) is 10.3. The second kappa shape index (κ2) is 6.69. The molecule has 116 valence electrons. The summed E-state index contributed by atoms with van der Waals surface area (Å²) in [5, 5.41) is 2.54. The second-order valence-corrected chi connectivity index (χ2v) is 6.93. The van der Waals surface area contributed by atoms with E-state index in [0.717, 1.165) is 4.57 Å². The van der Waals surface area contributed by atoms with Crippen molar-refractivity contribution in [1.82, 2.24) is 14.9 Å². The molecule has 2 rings (SSSR count). The van der Waals surface area contributed by atoms with E-state index in [2.05, 4.69) is 10.3 Å². The zero-order valence-corrected chi connectivity index (χ0v) is 13.7. The number of benzene rings is 1. The van der Waals surface area contributed by atoms with Crippen molar-refractivity contribution in [3.8, 4) is 0 Å². The summed E-state index contributed by atoms with van der Waals surface area (Å²) in [7, 11) is 0. The zero-order chi connectivity index (χ0) is 16.3. The third-order valence-corrected chi connectivity index (χ3v) is 3.48. The van der Waals surface area contributed by atoms with Gasteiger partial charge in [-0.1, -0.05) is 53.0 Å². The quantitative estimate of drug-likeness (QED) is 0.856. The Hall–Kier alpha value is -1.56. The van der Waals surface area contributed by atoms with Crippen LogP contribution < -0.4 is 10.9 Å². The Morgan fingerprint density at radius 2 is 1.91 bits per heavy atom. The maximum Gasteiger partial charge on any atom is 0.255 e. The number of nitrogens with one attached hydrogen (secondary N) is 1. The summed E-state index contributed by atoms with van der Waals surface area (Å²) in [6, 6.07) is 9.70. The molecule has 8 heteroatoms. The molecule has 1 atom stereocenters. The monoisotopic (exact) mass is 359 g/mol. The summed E-state index contributed by atoms with van der Waals surface area (Å²) >= 11 is 17.7. The Labute approximate surface area is 141 Å². The molecule has 5 nitrogen and oxygen atoms in total. The number of carbonyl (C=O) groups is 1. The summed E-state index contributed by atoms with van der Waals surface area (Å²) in [6.45, 7) is 1.67. The third-order valence-electron chi connectivity index (χ3n) is 2.86. The predicted molar refractivity (Wildman–Crippen MR) is 86.5 cm³/mol. The van der Waals surface area contributed by atoms with Gasteiger partial charge in [0, 0.05) is 17.3 Å². The molecule has 0 saturated carbocycles. The average Bonchev–Trinajstić information content (AvgIpc) is 2.45. The molecule has 0 spiro atoms. The van der Waals surface area contributed by atoms with Crippen LogP contribution in [-0.4, -0.2) is 19.3 Å². The highest BCUT2D eigenvalue weighted by Gasteiger charge is 2.36. The van der Waals surface area contributed by atoms with Gasteiger partial charge in [-0.2, -0.15) is 0 Å². The highest BCUT2D eigenvalue weighted by molar-refractivity contribution is 6.67. The molecule has 1 heterocycles. The van der Waals surface area contributed by atoms with E-state index < -0.39 is 21.4 Å². The molecular formula is C14H12Cl3N3O2. The van der Waals surface area contributed by atoms with Crippen LogP contribution in [0.4, 0.5) is 0 Å². The van der Waals surface area contributed by atoms with E-state index >= 15 is 0 Å². The van der Waals surface area contributed by atoms with Crippen LogP contribution in [0.2, 0.25) is 0 Å². The Morgan fingerprint density at radius 3 is 2.45 bits per heavy atom. The minimum Gasteiger partial charge on any atom is -0.328 e. The summed E-state index contributed by atoms with van der Waals surface area (Å²) in [4.78, 5) is 28.3. The van der Waals surface area contributed by atoms with E-state index in [1.807, 2.05) is 0 Å². The van der Waals surface area contributed by atoms with Gasteiger partial charge in [0.2, 0.25) is 3.79 Å². The number of nitrogens with zero attached hydrogens (tertiary/aromatic N) is 2. The van der Waals surface area contributed by atoms with Crippen molar-refractivity contribution in [1.29, 1.82) is 0 Å². The molecule has 22 heavy (non-hydrogen) atoms. The molecule has 1 aromatic heterocycles. The van der Waals surface area contributed by atoms with Gasteiger partial charge in [-0.15, -0.1) is 0 Å². The lowest BCUT2D eigenvalue weighted by molar-refractivity contribution is 0.0919. The maximum atomic E-state index is 12.2. The number of amides is 1. The van der Waals surface area contributed by atoms with Gasteiger partial charge in [0.25, 0.3) is 11.5 Å². The third kappa shape index (κ3) is 4.00. The Morgan fingerprint density at radius 1 is 1.27 bits per heavy atom. The van der Waals surface area contributed by atoms with Crippen LogP contribution in [0.3, 0.4) is 0 Å². The molecule has 0 aliphatic heterocycles. The van der Waals surface area contributed by atoms with Crippen LogP contribution in [-0.2, 0) is 0 Å². The normalized spacial score (nSPS) is 12.7. The van der Waals surface area contributed by atoms with E-state index in [0.29, 0.717) is 11.3 Å². The molecule has 0 fully saturated rings. The van der Waals surface area contributed by atoms with E-state index in [-0.39, 0.29) is 0 Å². The smallest absolute Gasteiger partial charge is 0.255 e. The van der Waals surface area contributed by atoms with E-state index in [9.17, 15) is 9.59 Å². The van der Waals surface area contributed by atoms with Crippen molar-refractivity contribution in [3.05, 3.63) is 64.3 Å². The molecule has 0 saturated heterocycles. The fraction of sp³-hybridized carbons (Fsp3) is 0.214. The number of rotatable bonds is 3. The molecule has 0 aliphatic carbocycles. The number of aryl methyl sites for hydroxylation is 1. The number of halogens is 3. The Kier molecular flexibility index (Phi) is 5.11. The molecule has 0 radical (unpaired) electrons. The molecule has 1 N–H and O–H groups in total.